The molecule has 2 radical (unpaired) electrons. The Hall–Kier alpha value is -3.23. The van der Waals surface area contributed by atoms with E-state index in [9.17, 15) is 4.79 Å². The third-order valence-electron chi connectivity index (χ3n) is 6.45. The van der Waals surface area contributed by atoms with E-state index < -0.39 is 6.04 Å². The van der Waals surface area contributed by atoms with Crippen LogP contribution in [0.15, 0.2) is 53.5 Å². The first-order valence-electron chi connectivity index (χ1n) is 11.8. The largest absolute Gasteiger partial charge is 0.356 e. The zero-order valence-electron chi connectivity index (χ0n) is 20.4. The fraction of sp³-hybridized carbons (Fsp3) is 0.259. The summed E-state index contributed by atoms with van der Waals surface area (Å²) < 4.78 is 2.05. The summed E-state index contributed by atoms with van der Waals surface area (Å²) >= 11 is 7.87. The molecular formula is C27H25BClN5OS. The number of aliphatic imine (C=N–C) groups is 1. The first kappa shape index (κ1) is 24.5. The summed E-state index contributed by atoms with van der Waals surface area (Å²) in [6.45, 7) is 6.68. The van der Waals surface area contributed by atoms with Gasteiger partial charge in [-0.15, -0.1) is 21.5 Å². The van der Waals surface area contributed by atoms with Crippen molar-refractivity contribution in [3.63, 3.8) is 0 Å². The van der Waals surface area contributed by atoms with Gasteiger partial charge in [-0.2, -0.15) is 0 Å². The van der Waals surface area contributed by atoms with Gasteiger partial charge < -0.3 is 5.32 Å². The summed E-state index contributed by atoms with van der Waals surface area (Å²) in [5.74, 6) is 1.36. The van der Waals surface area contributed by atoms with Crippen LogP contribution < -0.4 is 10.8 Å². The third-order valence-corrected chi connectivity index (χ3v) is 7.90. The number of carbonyl (C=O) groups excluding carboxylic acids is 1. The first-order chi connectivity index (χ1) is 17.3. The SMILES string of the molecule is [B]c1ccc(CCNC(=O)C[C@@H]2N=C(c3ccc(Cl)cc3)c3c(sc(C)c3C)-n3c(C)nnc32)cc1. The van der Waals surface area contributed by atoms with Crippen LogP contribution in [0.3, 0.4) is 0 Å². The number of thiophene rings is 1. The van der Waals surface area contributed by atoms with Crippen LogP contribution in [0.4, 0.5) is 0 Å². The van der Waals surface area contributed by atoms with Crippen LogP contribution in [0, 0.1) is 20.8 Å². The molecule has 0 bridgehead atoms. The van der Waals surface area contributed by atoms with Crippen LogP contribution >= 0.6 is 22.9 Å². The van der Waals surface area contributed by atoms with Crippen LogP contribution in [0.1, 0.15) is 51.2 Å². The van der Waals surface area contributed by atoms with Gasteiger partial charge in [0.2, 0.25) is 5.91 Å². The standard InChI is InChI=1S/C27H25BClN5OS/c1-15-16(2)36-27-24(15)25(19-6-10-21(29)11-7-19)31-22(26-33-32-17(3)34(26)27)14-23(35)30-13-12-18-4-8-20(28)9-5-18/h4-11,22H,12-14H2,1-3H3,(H,30,35)/t22-/m0/s1. The molecule has 0 fully saturated rings. The number of carbonyl (C=O) groups is 1. The maximum Gasteiger partial charge on any atom is 0.222 e. The molecule has 0 aliphatic carbocycles. The Morgan fingerprint density at radius 2 is 1.81 bits per heavy atom. The van der Waals surface area contributed by atoms with E-state index in [0.717, 1.165) is 50.7 Å². The van der Waals surface area contributed by atoms with E-state index >= 15 is 0 Å². The van der Waals surface area contributed by atoms with Gasteiger partial charge in [0.25, 0.3) is 0 Å². The number of aryl methyl sites for hydroxylation is 2. The van der Waals surface area contributed by atoms with Crippen molar-refractivity contribution in [3.8, 4) is 5.00 Å². The highest BCUT2D eigenvalue weighted by molar-refractivity contribution is 7.15. The van der Waals surface area contributed by atoms with Crippen molar-refractivity contribution in [1.82, 2.24) is 20.1 Å². The minimum absolute atomic E-state index is 0.0833. The summed E-state index contributed by atoms with van der Waals surface area (Å²) in [7, 11) is 5.76. The molecule has 4 aromatic rings. The van der Waals surface area contributed by atoms with Crippen molar-refractivity contribution in [3.05, 3.63) is 92.3 Å². The summed E-state index contributed by atoms with van der Waals surface area (Å²) in [4.78, 5) is 19.4. The van der Waals surface area contributed by atoms with Crippen LogP contribution in [0.5, 0.6) is 0 Å². The van der Waals surface area contributed by atoms with E-state index in [0.29, 0.717) is 17.4 Å². The number of aromatic nitrogens is 3. The number of halogens is 1. The van der Waals surface area contributed by atoms with E-state index in [-0.39, 0.29) is 12.3 Å². The molecule has 9 heteroatoms. The lowest BCUT2D eigenvalue weighted by molar-refractivity contribution is -0.121. The molecule has 36 heavy (non-hydrogen) atoms. The number of hydrogen-bond donors (Lipinski definition) is 1. The van der Waals surface area contributed by atoms with Gasteiger partial charge in [-0.25, -0.2) is 0 Å². The summed E-state index contributed by atoms with van der Waals surface area (Å²) in [6.07, 6.45) is 0.894. The van der Waals surface area contributed by atoms with E-state index in [4.69, 9.17) is 24.4 Å². The average molecular weight is 514 g/mol. The van der Waals surface area contributed by atoms with Crippen LogP contribution in [-0.4, -0.2) is 40.8 Å². The second-order valence-electron chi connectivity index (χ2n) is 8.95. The van der Waals surface area contributed by atoms with E-state index in [1.54, 1.807) is 11.3 Å². The summed E-state index contributed by atoms with van der Waals surface area (Å²) in [6, 6.07) is 14.9. The van der Waals surface area contributed by atoms with Gasteiger partial charge >= 0.3 is 0 Å². The molecule has 0 unspecified atom stereocenters. The molecule has 3 heterocycles. The molecule has 5 rings (SSSR count). The van der Waals surface area contributed by atoms with Crippen molar-refractivity contribution in [1.29, 1.82) is 0 Å². The van der Waals surface area contributed by atoms with Gasteiger partial charge in [-0.05, 0) is 50.5 Å². The Bertz CT molecular complexity index is 1460. The molecule has 0 saturated heterocycles. The highest BCUT2D eigenvalue weighted by atomic mass is 35.5. The van der Waals surface area contributed by atoms with Crippen molar-refractivity contribution in [2.45, 2.75) is 39.7 Å². The lowest BCUT2D eigenvalue weighted by Gasteiger charge is -2.13. The van der Waals surface area contributed by atoms with Crippen LogP contribution in [0.25, 0.3) is 5.00 Å². The molecule has 2 aromatic carbocycles. The topological polar surface area (TPSA) is 72.2 Å². The van der Waals surface area contributed by atoms with Gasteiger partial charge in [0.15, 0.2) is 5.82 Å². The Kier molecular flexibility index (Phi) is 6.82. The molecule has 1 N–H and O–H groups in total. The van der Waals surface area contributed by atoms with Crippen LogP contribution in [-0.2, 0) is 11.2 Å². The Labute approximate surface area is 220 Å². The molecule has 0 spiro atoms. The quantitative estimate of drug-likeness (QED) is 0.390. The fourth-order valence-electron chi connectivity index (χ4n) is 4.41. The van der Waals surface area contributed by atoms with Crippen molar-refractivity contribution >= 4 is 47.9 Å². The predicted molar refractivity (Wildman–Crippen MR) is 146 cm³/mol. The van der Waals surface area contributed by atoms with Gasteiger partial charge in [0.1, 0.15) is 24.7 Å². The fourth-order valence-corrected chi connectivity index (χ4v) is 5.75. The normalized spacial score (nSPS) is 14.6. The number of fused-ring (bicyclic) bond motifs is 3. The first-order valence-corrected chi connectivity index (χ1v) is 13.0. The maximum absolute atomic E-state index is 13.0. The zero-order chi connectivity index (χ0) is 25.4. The number of rotatable bonds is 6. The molecule has 1 aliphatic rings. The third kappa shape index (κ3) is 4.75. The van der Waals surface area contributed by atoms with E-state index in [1.165, 1.54) is 4.88 Å². The minimum atomic E-state index is -0.479. The van der Waals surface area contributed by atoms with Gasteiger partial charge in [0, 0.05) is 27.6 Å². The molecule has 180 valence electrons. The molecule has 1 amide bonds. The molecule has 1 aliphatic heterocycles. The predicted octanol–water partition coefficient (Wildman–Crippen LogP) is 4.34. The molecular weight excluding hydrogens is 489 g/mol. The van der Waals surface area contributed by atoms with Gasteiger partial charge in [0.05, 0.1) is 12.1 Å². The highest BCUT2D eigenvalue weighted by Gasteiger charge is 2.32. The van der Waals surface area contributed by atoms with Gasteiger partial charge in [-0.1, -0.05) is 53.5 Å². The van der Waals surface area contributed by atoms with Crippen LogP contribution in [0.2, 0.25) is 5.02 Å². The number of hydrogen-bond acceptors (Lipinski definition) is 5. The molecule has 2 aromatic heterocycles. The zero-order valence-corrected chi connectivity index (χ0v) is 22.0. The van der Waals surface area contributed by atoms with Crippen molar-refractivity contribution in [2.24, 2.45) is 4.99 Å². The Morgan fingerprint density at radius 1 is 1.08 bits per heavy atom. The second kappa shape index (κ2) is 10.0. The Balaban J connectivity index is 1.47. The maximum atomic E-state index is 13.0. The number of benzene rings is 2. The smallest absolute Gasteiger partial charge is 0.222 e. The number of nitrogens with zero attached hydrogens (tertiary/aromatic N) is 4. The second-order valence-corrected chi connectivity index (χ2v) is 10.6. The Morgan fingerprint density at radius 3 is 2.53 bits per heavy atom. The van der Waals surface area contributed by atoms with Gasteiger partial charge in [-0.3, -0.25) is 14.4 Å². The molecule has 0 saturated carbocycles. The summed E-state index contributed by atoms with van der Waals surface area (Å²) in [5, 5.41) is 13.5. The van der Waals surface area contributed by atoms with Crippen molar-refractivity contribution in [2.75, 3.05) is 6.54 Å². The molecule has 6 nitrogen and oxygen atoms in total. The monoisotopic (exact) mass is 513 g/mol. The lowest BCUT2D eigenvalue weighted by Crippen LogP contribution is -2.27. The van der Waals surface area contributed by atoms with E-state index in [1.807, 2.05) is 55.5 Å². The average Bonchev–Trinajstić information content (AvgIpc) is 3.33. The lowest BCUT2D eigenvalue weighted by atomic mass is 9.95. The number of amides is 1. The number of nitrogens with one attached hydrogen (secondary N) is 1. The summed E-state index contributed by atoms with van der Waals surface area (Å²) in [5.41, 5.74) is 5.85. The minimum Gasteiger partial charge on any atom is -0.356 e. The van der Waals surface area contributed by atoms with Crippen molar-refractivity contribution < 1.29 is 4.79 Å². The molecule has 1 atom stereocenters. The highest BCUT2D eigenvalue weighted by Crippen LogP contribution is 2.39. The van der Waals surface area contributed by atoms with E-state index in [2.05, 4.69) is 33.9 Å².